The van der Waals surface area contributed by atoms with Crippen molar-refractivity contribution in [2.75, 3.05) is 6.61 Å². The predicted molar refractivity (Wildman–Crippen MR) is 58.7 cm³/mol. The maximum atomic E-state index is 11.8. The Morgan fingerprint density at radius 1 is 1.27 bits per heavy atom. The molecule has 0 radical (unpaired) electrons. The van der Waals surface area contributed by atoms with Gasteiger partial charge in [-0.05, 0) is 24.8 Å². The van der Waals surface area contributed by atoms with E-state index < -0.39 is 0 Å². The molecule has 0 amide bonds. The van der Waals surface area contributed by atoms with Gasteiger partial charge in [0.1, 0.15) is 6.10 Å². The van der Waals surface area contributed by atoms with Crippen molar-refractivity contribution in [1.82, 2.24) is 0 Å². The highest BCUT2D eigenvalue weighted by molar-refractivity contribution is 5.85. The number of carbonyl (C=O) groups is 1. The Balaban J connectivity index is 1.91. The molecule has 1 aromatic rings. The Hall–Kier alpha value is -1.15. The lowest BCUT2D eigenvalue weighted by Gasteiger charge is -2.21. The minimum Gasteiger partial charge on any atom is -0.370 e. The molecule has 0 N–H and O–H groups in total. The first kappa shape index (κ1) is 10.4. The van der Waals surface area contributed by atoms with Gasteiger partial charge in [-0.25, -0.2) is 0 Å². The second-order valence-electron chi connectivity index (χ2n) is 3.98. The van der Waals surface area contributed by atoms with Crippen LogP contribution in [0, 0.1) is 0 Å². The summed E-state index contributed by atoms with van der Waals surface area (Å²) in [7, 11) is 0. The lowest BCUT2D eigenvalue weighted by molar-refractivity contribution is -0.132. The van der Waals surface area contributed by atoms with E-state index in [4.69, 9.17) is 4.74 Å². The van der Waals surface area contributed by atoms with Gasteiger partial charge in [-0.1, -0.05) is 30.3 Å². The first-order valence-corrected chi connectivity index (χ1v) is 5.54. The van der Waals surface area contributed by atoms with E-state index in [0.29, 0.717) is 6.42 Å². The minimum atomic E-state index is -0.154. The number of Topliss-reactive ketones (excluding diaryl/α,β-unsaturated/α-hetero) is 1. The van der Waals surface area contributed by atoms with E-state index in [1.165, 1.54) is 0 Å². The van der Waals surface area contributed by atoms with Crippen molar-refractivity contribution in [3.05, 3.63) is 35.9 Å². The number of carbonyl (C=O) groups excluding carboxylic acids is 1. The molecule has 80 valence electrons. The Morgan fingerprint density at radius 2 is 2.07 bits per heavy atom. The first-order valence-electron chi connectivity index (χ1n) is 5.54. The van der Waals surface area contributed by atoms with Crippen molar-refractivity contribution < 1.29 is 9.53 Å². The molecule has 1 saturated heterocycles. The fraction of sp³-hybridized carbons (Fsp3) is 0.462. The van der Waals surface area contributed by atoms with Crippen LogP contribution in [-0.2, 0) is 16.0 Å². The standard InChI is InChI=1S/C13H16O2/c14-12(13-8-4-5-9-15-13)10-11-6-2-1-3-7-11/h1-3,6-7,13H,4-5,8-10H2. The maximum absolute atomic E-state index is 11.8. The summed E-state index contributed by atoms with van der Waals surface area (Å²) in [5.74, 6) is 0.223. The third-order valence-electron chi connectivity index (χ3n) is 2.76. The van der Waals surface area contributed by atoms with Crippen LogP contribution in [0.2, 0.25) is 0 Å². The zero-order valence-electron chi connectivity index (χ0n) is 8.82. The molecule has 1 aliphatic rings. The minimum absolute atomic E-state index is 0.154. The molecule has 2 nitrogen and oxygen atoms in total. The molecule has 1 fully saturated rings. The van der Waals surface area contributed by atoms with Gasteiger partial charge in [-0.3, -0.25) is 4.79 Å². The maximum Gasteiger partial charge on any atom is 0.165 e. The third kappa shape index (κ3) is 2.90. The lowest BCUT2D eigenvalue weighted by atomic mass is 10.00. The molecule has 0 saturated carbocycles. The van der Waals surface area contributed by atoms with E-state index in [0.717, 1.165) is 31.4 Å². The van der Waals surface area contributed by atoms with Gasteiger partial charge in [0.15, 0.2) is 5.78 Å². The summed E-state index contributed by atoms with van der Waals surface area (Å²) in [5.41, 5.74) is 1.08. The summed E-state index contributed by atoms with van der Waals surface area (Å²) in [4.78, 5) is 11.8. The fourth-order valence-corrected chi connectivity index (χ4v) is 1.91. The van der Waals surface area contributed by atoms with E-state index in [2.05, 4.69) is 0 Å². The molecule has 0 bridgehead atoms. The Morgan fingerprint density at radius 3 is 2.73 bits per heavy atom. The molecule has 0 aromatic heterocycles. The Labute approximate surface area is 90.3 Å². The summed E-state index contributed by atoms with van der Waals surface area (Å²) in [6, 6.07) is 9.86. The molecular weight excluding hydrogens is 188 g/mol. The summed E-state index contributed by atoms with van der Waals surface area (Å²) >= 11 is 0. The van der Waals surface area contributed by atoms with Crippen molar-refractivity contribution in [3.8, 4) is 0 Å². The zero-order chi connectivity index (χ0) is 10.5. The molecular formula is C13H16O2. The molecule has 0 spiro atoms. The topological polar surface area (TPSA) is 26.3 Å². The molecule has 1 aliphatic heterocycles. The molecule has 1 aromatic carbocycles. The van der Waals surface area contributed by atoms with Crippen LogP contribution in [-0.4, -0.2) is 18.5 Å². The van der Waals surface area contributed by atoms with Crippen LogP contribution in [0.4, 0.5) is 0 Å². The van der Waals surface area contributed by atoms with Crippen molar-refractivity contribution in [2.24, 2.45) is 0 Å². The van der Waals surface area contributed by atoms with E-state index in [1.54, 1.807) is 0 Å². The van der Waals surface area contributed by atoms with Gasteiger partial charge in [0.05, 0.1) is 0 Å². The molecule has 1 heterocycles. The number of hydrogen-bond acceptors (Lipinski definition) is 2. The summed E-state index contributed by atoms with van der Waals surface area (Å²) in [6.45, 7) is 0.741. The van der Waals surface area contributed by atoms with Crippen LogP contribution in [0.15, 0.2) is 30.3 Å². The normalized spacial score (nSPS) is 21.2. The van der Waals surface area contributed by atoms with Gasteiger partial charge in [0.2, 0.25) is 0 Å². The smallest absolute Gasteiger partial charge is 0.165 e. The molecule has 1 unspecified atom stereocenters. The predicted octanol–water partition coefficient (Wildman–Crippen LogP) is 2.37. The van der Waals surface area contributed by atoms with Gasteiger partial charge in [-0.15, -0.1) is 0 Å². The highest BCUT2D eigenvalue weighted by Gasteiger charge is 2.21. The van der Waals surface area contributed by atoms with E-state index in [-0.39, 0.29) is 11.9 Å². The number of benzene rings is 1. The fourth-order valence-electron chi connectivity index (χ4n) is 1.91. The largest absolute Gasteiger partial charge is 0.370 e. The number of ketones is 1. The summed E-state index contributed by atoms with van der Waals surface area (Å²) in [6.07, 6.45) is 3.45. The van der Waals surface area contributed by atoms with Crippen LogP contribution >= 0.6 is 0 Å². The van der Waals surface area contributed by atoms with E-state index in [9.17, 15) is 4.79 Å². The number of ether oxygens (including phenoxy) is 1. The zero-order valence-corrected chi connectivity index (χ0v) is 8.82. The third-order valence-corrected chi connectivity index (χ3v) is 2.76. The second-order valence-corrected chi connectivity index (χ2v) is 3.98. The van der Waals surface area contributed by atoms with E-state index >= 15 is 0 Å². The Bertz CT molecular complexity index is 313. The van der Waals surface area contributed by atoms with Crippen LogP contribution in [0.3, 0.4) is 0 Å². The van der Waals surface area contributed by atoms with Crippen LogP contribution in [0.25, 0.3) is 0 Å². The van der Waals surface area contributed by atoms with Crippen molar-refractivity contribution >= 4 is 5.78 Å². The van der Waals surface area contributed by atoms with Crippen molar-refractivity contribution in [3.63, 3.8) is 0 Å². The van der Waals surface area contributed by atoms with Gasteiger partial charge >= 0.3 is 0 Å². The van der Waals surface area contributed by atoms with Crippen LogP contribution < -0.4 is 0 Å². The van der Waals surface area contributed by atoms with Crippen LogP contribution in [0.1, 0.15) is 24.8 Å². The number of rotatable bonds is 3. The van der Waals surface area contributed by atoms with Gasteiger partial charge in [0, 0.05) is 13.0 Å². The monoisotopic (exact) mass is 204 g/mol. The van der Waals surface area contributed by atoms with E-state index in [1.807, 2.05) is 30.3 Å². The average Bonchev–Trinajstić information content (AvgIpc) is 2.31. The van der Waals surface area contributed by atoms with Gasteiger partial charge < -0.3 is 4.74 Å². The molecule has 0 aliphatic carbocycles. The number of hydrogen-bond donors (Lipinski definition) is 0. The van der Waals surface area contributed by atoms with Crippen LogP contribution in [0.5, 0.6) is 0 Å². The van der Waals surface area contributed by atoms with Crippen molar-refractivity contribution in [1.29, 1.82) is 0 Å². The summed E-state index contributed by atoms with van der Waals surface area (Å²) in [5, 5.41) is 0. The highest BCUT2D eigenvalue weighted by atomic mass is 16.5. The lowest BCUT2D eigenvalue weighted by Crippen LogP contribution is -2.29. The average molecular weight is 204 g/mol. The van der Waals surface area contributed by atoms with Gasteiger partial charge in [0.25, 0.3) is 0 Å². The summed E-state index contributed by atoms with van der Waals surface area (Å²) < 4.78 is 5.46. The second kappa shape index (κ2) is 5.08. The molecule has 1 atom stereocenters. The molecule has 15 heavy (non-hydrogen) atoms. The Kier molecular flexibility index (Phi) is 3.51. The highest BCUT2D eigenvalue weighted by Crippen LogP contribution is 2.15. The SMILES string of the molecule is O=C(Cc1ccccc1)C1CCCCO1. The molecule has 2 heteroatoms. The van der Waals surface area contributed by atoms with Gasteiger partial charge in [-0.2, -0.15) is 0 Å². The van der Waals surface area contributed by atoms with Crippen molar-refractivity contribution in [2.45, 2.75) is 31.8 Å². The molecule has 2 rings (SSSR count). The quantitative estimate of drug-likeness (QED) is 0.755. The first-order chi connectivity index (χ1) is 7.36.